The lowest BCUT2D eigenvalue weighted by Gasteiger charge is -2.23. The number of carbonyl (C=O) groups is 1. The lowest BCUT2D eigenvalue weighted by molar-refractivity contribution is 0.0942. The average molecular weight is 226 g/mol. The lowest BCUT2D eigenvalue weighted by Crippen LogP contribution is -2.35. The predicted octanol–water partition coefficient (Wildman–Crippen LogP) is 2.20. The second-order valence-electron chi connectivity index (χ2n) is 4.45. The summed E-state index contributed by atoms with van der Waals surface area (Å²) in [5.41, 5.74) is 4.09. The van der Waals surface area contributed by atoms with Crippen molar-refractivity contribution in [2.75, 3.05) is 6.54 Å². The first-order valence-corrected chi connectivity index (χ1v) is 5.78. The SMILES string of the molecule is Cc1cc2c([nH]1)C(c1ccccc1)CNC2=O. The smallest absolute Gasteiger partial charge is 0.253 e. The van der Waals surface area contributed by atoms with Crippen LogP contribution in [0, 0.1) is 6.92 Å². The van der Waals surface area contributed by atoms with E-state index in [1.807, 2.05) is 31.2 Å². The van der Waals surface area contributed by atoms with Crippen LogP contribution < -0.4 is 5.32 Å². The number of nitrogens with one attached hydrogen (secondary N) is 2. The van der Waals surface area contributed by atoms with Crippen molar-refractivity contribution in [1.82, 2.24) is 10.3 Å². The minimum absolute atomic E-state index is 0.0246. The highest BCUT2D eigenvalue weighted by Crippen LogP contribution is 2.29. The number of aryl methyl sites for hydroxylation is 1. The second kappa shape index (κ2) is 3.77. The number of aromatic amines is 1. The topological polar surface area (TPSA) is 44.9 Å². The number of hydrogen-bond donors (Lipinski definition) is 2. The van der Waals surface area contributed by atoms with Gasteiger partial charge in [0.15, 0.2) is 0 Å². The van der Waals surface area contributed by atoms with E-state index in [0.717, 1.165) is 17.0 Å². The zero-order chi connectivity index (χ0) is 11.8. The maximum atomic E-state index is 11.7. The number of amides is 1. The fourth-order valence-electron chi connectivity index (χ4n) is 2.43. The molecule has 1 amide bonds. The van der Waals surface area contributed by atoms with Gasteiger partial charge in [0.05, 0.1) is 5.56 Å². The Balaban J connectivity index is 2.10. The van der Waals surface area contributed by atoms with Gasteiger partial charge in [0.2, 0.25) is 0 Å². The molecule has 1 aliphatic rings. The molecule has 3 heteroatoms. The van der Waals surface area contributed by atoms with Gasteiger partial charge >= 0.3 is 0 Å². The molecule has 0 fully saturated rings. The van der Waals surface area contributed by atoms with Gasteiger partial charge in [-0.15, -0.1) is 0 Å². The zero-order valence-corrected chi connectivity index (χ0v) is 9.66. The molecule has 2 N–H and O–H groups in total. The van der Waals surface area contributed by atoms with E-state index in [1.165, 1.54) is 5.56 Å². The molecule has 1 aromatic heterocycles. The van der Waals surface area contributed by atoms with Crippen LogP contribution in [0.2, 0.25) is 0 Å². The van der Waals surface area contributed by atoms with Crippen LogP contribution >= 0.6 is 0 Å². The Morgan fingerprint density at radius 3 is 2.76 bits per heavy atom. The van der Waals surface area contributed by atoms with Crippen LogP contribution in [0.1, 0.15) is 33.2 Å². The van der Waals surface area contributed by atoms with E-state index in [2.05, 4.69) is 22.4 Å². The van der Waals surface area contributed by atoms with Gasteiger partial charge in [0, 0.05) is 23.9 Å². The van der Waals surface area contributed by atoms with Crippen molar-refractivity contribution >= 4 is 5.91 Å². The molecule has 86 valence electrons. The zero-order valence-electron chi connectivity index (χ0n) is 9.66. The van der Waals surface area contributed by atoms with Crippen molar-refractivity contribution in [2.45, 2.75) is 12.8 Å². The maximum absolute atomic E-state index is 11.7. The molecule has 3 rings (SSSR count). The highest BCUT2D eigenvalue weighted by Gasteiger charge is 2.27. The van der Waals surface area contributed by atoms with Crippen LogP contribution in [0.5, 0.6) is 0 Å². The molecule has 0 saturated heterocycles. The summed E-state index contributed by atoms with van der Waals surface area (Å²) in [5.74, 6) is 0.258. The molecule has 0 aliphatic carbocycles. The molecular formula is C14H14N2O. The monoisotopic (exact) mass is 226 g/mol. The molecule has 0 saturated carbocycles. The van der Waals surface area contributed by atoms with Crippen LogP contribution in [0.25, 0.3) is 0 Å². The first-order chi connectivity index (χ1) is 8.25. The van der Waals surface area contributed by atoms with Crippen LogP contribution in [0.3, 0.4) is 0 Å². The Bertz CT molecular complexity index is 557. The van der Waals surface area contributed by atoms with Gasteiger partial charge in [0.1, 0.15) is 0 Å². The molecule has 17 heavy (non-hydrogen) atoms. The minimum Gasteiger partial charge on any atom is -0.361 e. The van der Waals surface area contributed by atoms with E-state index in [9.17, 15) is 4.79 Å². The Morgan fingerprint density at radius 2 is 2.00 bits per heavy atom. The molecule has 1 aliphatic heterocycles. The third-order valence-corrected chi connectivity index (χ3v) is 3.24. The summed E-state index contributed by atoms with van der Waals surface area (Å²) in [6, 6.07) is 12.2. The summed E-state index contributed by atoms with van der Waals surface area (Å²) in [6.07, 6.45) is 0. The Labute approximate surface area is 99.9 Å². The number of benzene rings is 1. The van der Waals surface area contributed by atoms with E-state index < -0.39 is 0 Å². The molecule has 0 spiro atoms. The average Bonchev–Trinajstić information content (AvgIpc) is 2.73. The Hall–Kier alpha value is -2.03. The van der Waals surface area contributed by atoms with Crippen molar-refractivity contribution in [3.05, 3.63) is 58.9 Å². The standard InChI is InChI=1S/C14H14N2O/c1-9-7-11-13(16-9)12(8-15-14(11)17)10-5-3-2-4-6-10/h2-7,12,16H,8H2,1H3,(H,15,17). The lowest BCUT2D eigenvalue weighted by atomic mass is 9.90. The van der Waals surface area contributed by atoms with Gasteiger partial charge in [-0.3, -0.25) is 4.79 Å². The second-order valence-corrected chi connectivity index (χ2v) is 4.45. The van der Waals surface area contributed by atoms with Crippen LogP contribution in [0.15, 0.2) is 36.4 Å². The predicted molar refractivity (Wildman–Crippen MR) is 66.1 cm³/mol. The first kappa shape index (κ1) is 10.1. The summed E-state index contributed by atoms with van der Waals surface area (Å²) >= 11 is 0. The number of fused-ring (bicyclic) bond motifs is 1. The molecule has 2 aromatic rings. The highest BCUT2D eigenvalue weighted by atomic mass is 16.1. The summed E-state index contributed by atoms with van der Waals surface area (Å²) in [7, 11) is 0. The fraction of sp³-hybridized carbons (Fsp3) is 0.214. The van der Waals surface area contributed by atoms with Crippen LogP contribution in [-0.2, 0) is 0 Å². The third kappa shape index (κ3) is 1.64. The van der Waals surface area contributed by atoms with Crippen molar-refractivity contribution in [1.29, 1.82) is 0 Å². The van der Waals surface area contributed by atoms with E-state index in [-0.39, 0.29) is 11.8 Å². The highest BCUT2D eigenvalue weighted by molar-refractivity contribution is 5.97. The molecular weight excluding hydrogens is 212 g/mol. The molecule has 1 unspecified atom stereocenters. The fourth-order valence-corrected chi connectivity index (χ4v) is 2.43. The number of carbonyl (C=O) groups excluding carboxylic acids is 1. The summed E-state index contributed by atoms with van der Waals surface area (Å²) in [6.45, 7) is 2.64. The van der Waals surface area contributed by atoms with Gasteiger partial charge in [-0.25, -0.2) is 0 Å². The molecule has 0 radical (unpaired) electrons. The Morgan fingerprint density at radius 1 is 1.24 bits per heavy atom. The van der Waals surface area contributed by atoms with Gasteiger partial charge in [-0.1, -0.05) is 30.3 Å². The van der Waals surface area contributed by atoms with Crippen LogP contribution in [-0.4, -0.2) is 17.4 Å². The first-order valence-electron chi connectivity index (χ1n) is 5.78. The molecule has 1 atom stereocenters. The Kier molecular flexibility index (Phi) is 2.25. The molecule has 2 heterocycles. The van der Waals surface area contributed by atoms with Gasteiger partial charge < -0.3 is 10.3 Å². The number of H-pyrrole nitrogens is 1. The number of rotatable bonds is 1. The normalized spacial score (nSPS) is 18.6. The van der Waals surface area contributed by atoms with E-state index >= 15 is 0 Å². The van der Waals surface area contributed by atoms with Crippen molar-refractivity contribution < 1.29 is 4.79 Å². The minimum atomic E-state index is 0.0246. The van der Waals surface area contributed by atoms with Crippen molar-refractivity contribution in [2.24, 2.45) is 0 Å². The number of hydrogen-bond acceptors (Lipinski definition) is 1. The quantitative estimate of drug-likeness (QED) is 0.769. The largest absolute Gasteiger partial charge is 0.361 e. The van der Waals surface area contributed by atoms with Crippen molar-refractivity contribution in [3.8, 4) is 0 Å². The molecule has 0 bridgehead atoms. The van der Waals surface area contributed by atoms with E-state index in [4.69, 9.17) is 0 Å². The van der Waals surface area contributed by atoms with Gasteiger partial charge in [0.25, 0.3) is 5.91 Å². The van der Waals surface area contributed by atoms with Crippen molar-refractivity contribution in [3.63, 3.8) is 0 Å². The molecule has 1 aromatic carbocycles. The van der Waals surface area contributed by atoms with Gasteiger partial charge in [-0.05, 0) is 18.6 Å². The summed E-state index contributed by atoms with van der Waals surface area (Å²) < 4.78 is 0. The van der Waals surface area contributed by atoms with Gasteiger partial charge in [-0.2, -0.15) is 0 Å². The maximum Gasteiger partial charge on any atom is 0.253 e. The third-order valence-electron chi connectivity index (χ3n) is 3.24. The number of aromatic nitrogens is 1. The van der Waals surface area contributed by atoms with E-state index in [0.29, 0.717) is 6.54 Å². The van der Waals surface area contributed by atoms with Crippen LogP contribution in [0.4, 0.5) is 0 Å². The molecule has 3 nitrogen and oxygen atoms in total. The summed E-state index contributed by atoms with van der Waals surface area (Å²) in [4.78, 5) is 15.1. The van der Waals surface area contributed by atoms with E-state index in [1.54, 1.807) is 0 Å². The summed E-state index contributed by atoms with van der Waals surface area (Å²) in [5, 5.41) is 2.94.